The quantitative estimate of drug-likeness (QED) is 0.492. The third-order valence-corrected chi connectivity index (χ3v) is 7.03. The fraction of sp³-hybridized carbons (Fsp3) is 0.208. The van der Waals surface area contributed by atoms with Crippen LogP contribution in [-0.4, -0.2) is 35.1 Å². The highest BCUT2D eigenvalue weighted by atomic mass is 35.5. The number of hydrogen-bond acceptors (Lipinski definition) is 5. The summed E-state index contributed by atoms with van der Waals surface area (Å²) in [5.41, 5.74) is 2.28. The second-order valence-corrected chi connectivity index (χ2v) is 9.67. The molecule has 1 amide bonds. The number of aryl methyl sites for hydroxylation is 2. The summed E-state index contributed by atoms with van der Waals surface area (Å²) in [7, 11) is -1.07. The molecule has 0 aliphatic rings. The summed E-state index contributed by atoms with van der Waals surface area (Å²) in [4.78, 5) is 13.1. The van der Waals surface area contributed by atoms with Crippen molar-refractivity contribution in [1.29, 1.82) is 0 Å². The van der Waals surface area contributed by atoms with Crippen LogP contribution in [0.25, 0.3) is 0 Å². The lowest BCUT2D eigenvalue weighted by Gasteiger charge is -2.26. The van der Waals surface area contributed by atoms with Crippen LogP contribution in [0.15, 0.2) is 65.6 Å². The van der Waals surface area contributed by atoms with Crippen LogP contribution in [0.3, 0.4) is 0 Å². The molecule has 0 saturated heterocycles. The van der Waals surface area contributed by atoms with Crippen LogP contribution in [0.5, 0.6) is 11.5 Å². The summed E-state index contributed by atoms with van der Waals surface area (Å²) in [5, 5.41) is 3.08. The zero-order valence-electron chi connectivity index (χ0n) is 18.8. The Morgan fingerprint density at radius 1 is 0.970 bits per heavy atom. The minimum absolute atomic E-state index is 0.0716. The highest BCUT2D eigenvalue weighted by molar-refractivity contribution is 7.92. The SMILES string of the molecule is COc1ccc(NC(=O)CN(c2cc(Cl)ccc2C)S(=O)(=O)c2ccc(C)cc2)c(OC)c1. The number of hydrogen-bond donors (Lipinski definition) is 1. The molecule has 0 fully saturated rings. The fourth-order valence-corrected chi connectivity index (χ4v) is 4.85. The molecule has 0 heterocycles. The number of anilines is 2. The predicted octanol–water partition coefficient (Wildman–Crippen LogP) is 4.81. The molecule has 0 unspecified atom stereocenters. The molecule has 0 aliphatic carbocycles. The first-order valence-electron chi connectivity index (χ1n) is 10.0. The van der Waals surface area contributed by atoms with Crippen LogP contribution in [-0.2, 0) is 14.8 Å². The van der Waals surface area contributed by atoms with Crippen LogP contribution < -0.4 is 19.1 Å². The van der Waals surface area contributed by atoms with Gasteiger partial charge in [0.25, 0.3) is 10.0 Å². The number of methoxy groups -OCH3 is 2. The third-order valence-electron chi connectivity index (χ3n) is 5.02. The van der Waals surface area contributed by atoms with Crippen molar-refractivity contribution in [3.8, 4) is 11.5 Å². The molecule has 0 spiro atoms. The topological polar surface area (TPSA) is 84.9 Å². The van der Waals surface area contributed by atoms with Crippen molar-refractivity contribution >= 4 is 38.9 Å². The van der Waals surface area contributed by atoms with Crippen molar-refractivity contribution in [2.45, 2.75) is 18.7 Å². The Hall–Kier alpha value is -3.23. The average molecular weight is 489 g/mol. The molecule has 174 valence electrons. The highest BCUT2D eigenvalue weighted by Gasteiger charge is 2.29. The molecular weight excluding hydrogens is 464 g/mol. The van der Waals surface area contributed by atoms with Crippen LogP contribution >= 0.6 is 11.6 Å². The Balaban J connectivity index is 1.99. The maximum atomic E-state index is 13.6. The molecule has 0 saturated carbocycles. The van der Waals surface area contributed by atoms with Gasteiger partial charge >= 0.3 is 0 Å². The molecule has 3 aromatic carbocycles. The number of carbonyl (C=O) groups excluding carboxylic acids is 1. The van der Waals surface area contributed by atoms with Crippen LogP contribution in [0.1, 0.15) is 11.1 Å². The molecule has 0 aliphatic heterocycles. The van der Waals surface area contributed by atoms with Gasteiger partial charge in [-0.25, -0.2) is 8.42 Å². The summed E-state index contributed by atoms with van der Waals surface area (Å²) >= 11 is 6.16. The number of carbonyl (C=O) groups is 1. The van der Waals surface area contributed by atoms with Gasteiger partial charge in [0.05, 0.1) is 30.5 Å². The van der Waals surface area contributed by atoms with Gasteiger partial charge in [0.2, 0.25) is 5.91 Å². The molecule has 9 heteroatoms. The Morgan fingerprint density at radius 3 is 2.30 bits per heavy atom. The van der Waals surface area contributed by atoms with Gasteiger partial charge in [-0.15, -0.1) is 0 Å². The van der Waals surface area contributed by atoms with Gasteiger partial charge in [-0.05, 0) is 55.8 Å². The standard InChI is InChI=1S/C24H25ClN2O5S/c1-16-5-10-20(11-6-16)33(29,30)27(22-13-18(25)8-7-17(22)2)15-24(28)26-21-12-9-19(31-3)14-23(21)32-4/h5-14H,15H2,1-4H3,(H,26,28). The van der Waals surface area contributed by atoms with E-state index in [9.17, 15) is 13.2 Å². The van der Waals surface area contributed by atoms with Crippen molar-refractivity contribution in [1.82, 2.24) is 0 Å². The number of sulfonamides is 1. The summed E-state index contributed by atoms with van der Waals surface area (Å²) < 4.78 is 38.7. The fourth-order valence-electron chi connectivity index (χ4n) is 3.21. The number of nitrogens with one attached hydrogen (secondary N) is 1. The van der Waals surface area contributed by atoms with Crippen LogP contribution in [0.4, 0.5) is 11.4 Å². The Labute approximate surface area is 198 Å². The molecule has 0 bridgehead atoms. The van der Waals surface area contributed by atoms with E-state index in [1.54, 1.807) is 49.4 Å². The van der Waals surface area contributed by atoms with E-state index in [2.05, 4.69) is 5.32 Å². The Bertz CT molecular complexity index is 1260. The van der Waals surface area contributed by atoms with Crippen molar-refractivity contribution in [3.63, 3.8) is 0 Å². The van der Waals surface area contributed by atoms with E-state index in [1.165, 1.54) is 32.4 Å². The number of rotatable bonds is 8. The second-order valence-electron chi connectivity index (χ2n) is 7.37. The van der Waals surface area contributed by atoms with Gasteiger partial charge in [0.1, 0.15) is 18.0 Å². The lowest BCUT2D eigenvalue weighted by atomic mass is 10.2. The molecule has 3 aromatic rings. The number of amides is 1. The molecule has 1 N–H and O–H groups in total. The minimum Gasteiger partial charge on any atom is -0.497 e. The first-order chi connectivity index (χ1) is 15.6. The molecule has 0 radical (unpaired) electrons. The Kier molecular flexibility index (Phi) is 7.50. The van der Waals surface area contributed by atoms with E-state index in [0.717, 1.165) is 9.87 Å². The third kappa shape index (κ3) is 5.58. The van der Waals surface area contributed by atoms with E-state index in [-0.39, 0.29) is 4.90 Å². The summed E-state index contributed by atoms with van der Waals surface area (Å²) in [5.74, 6) is 0.395. The molecule has 33 heavy (non-hydrogen) atoms. The zero-order valence-corrected chi connectivity index (χ0v) is 20.3. The highest BCUT2D eigenvalue weighted by Crippen LogP contribution is 2.31. The normalized spacial score (nSPS) is 11.1. The number of benzene rings is 3. The van der Waals surface area contributed by atoms with Crippen LogP contribution in [0.2, 0.25) is 5.02 Å². The molecule has 7 nitrogen and oxygen atoms in total. The van der Waals surface area contributed by atoms with Crippen LogP contribution in [0, 0.1) is 13.8 Å². The number of nitrogens with zero attached hydrogens (tertiary/aromatic N) is 1. The van der Waals surface area contributed by atoms with E-state index < -0.39 is 22.5 Å². The van der Waals surface area contributed by atoms with Crippen molar-refractivity contribution in [3.05, 3.63) is 76.8 Å². The molecular formula is C24H25ClN2O5S. The van der Waals surface area contributed by atoms with E-state index in [0.29, 0.717) is 33.5 Å². The Morgan fingerprint density at radius 2 is 1.67 bits per heavy atom. The first kappa shape index (κ1) is 24.4. The summed E-state index contributed by atoms with van der Waals surface area (Å²) in [6.45, 7) is 3.16. The summed E-state index contributed by atoms with van der Waals surface area (Å²) in [6.07, 6.45) is 0. The second kappa shape index (κ2) is 10.1. The molecule has 3 rings (SSSR count). The maximum absolute atomic E-state index is 13.6. The molecule has 0 atom stereocenters. The van der Waals surface area contributed by atoms with E-state index >= 15 is 0 Å². The minimum atomic E-state index is -4.06. The zero-order chi connectivity index (χ0) is 24.2. The van der Waals surface area contributed by atoms with Crippen molar-refractivity contribution in [2.24, 2.45) is 0 Å². The average Bonchev–Trinajstić information content (AvgIpc) is 2.79. The number of halogens is 1. The summed E-state index contributed by atoms with van der Waals surface area (Å²) in [6, 6.07) is 16.3. The lowest BCUT2D eigenvalue weighted by Crippen LogP contribution is -2.38. The van der Waals surface area contributed by atoms with E-state index in [4.69, 9.17) is 21.1 Å². The smallest absolute Gasteiger partial charge is 0.264 e. The van der Waals surface area contributed by atoms with Crippen molar-refractivity contribution in [2.75, 3.05) is 30.4 Å². The van der Waals surface area contributed by atoms with Gasteiger partial charge in [-0.1, -0.05) is 35.4 Å². The predicted molar refractivity (Wildman–Crippen MR) is 130 cm³/mol. The van der Waals surface area contributed by atoms with Crippen molar-refractivity contribution < 1.29 is 22.7 Å². The monoisotopic (exact) mass is 488 g/mol. The van der Waals surface area contributed by atoms with Gasteiger partial charge < -0.3 is 14.8 Å². The van der Waals surface area contributed by atoms with Gasteiger partial charge in [-0.2, -0.15) is 0 Å². The number of ether oxygens (including phenoxy) is 2. The maximum Gasteiger partial charge on any atom is 0.264 e. The molecule has 0 aromatic heterocycles. The van der Waals surface area contributed by atoms with Gasteiger partial charge in [-0.3, -0.25) is 9.10 Å². The van der Waals surface area contributed by atoms with Gasteiger partial charge in [0, 0.05) is 11.1 Å². The van der Waals surface area contributed by atoms with E-state index in [1.807, 2.05) is 6.92 Å². The first-order valence-corrected chi connectivity index (χ1v) is 11.8. The van der Waals surface area contributed by atoms with Gasteiger partial charge in [0.15, 0.2) is 0 Å². The lowest BCUT2D eigenvalue weighted by molar-refractivity contribution is -0.114. The largest absolute Gasteiger partial charge is 0.497 e.